The summed E-state index contributed by atoms with van der Waals surface area (Å²) in [4.78, 5) is 27.1. The highest BCUT2D eigenvalue weighted by molar-refractivity contribution is 5.78. The van der Waals surface area contributed by atoms with Crippen molar-refractivity contribution in [2.75, 3.05) is 20.8 Å². The maximum absolute atomic E-state index is 13.2. The van der Waals surface area contributed by atoms with Crippen molar-refractivity contribution < 1.29 is 19.4 Å². The van der Waals surface area contributed by atoms with Crippen LogP contribution in [0.3, 0.4) is 0 Å². The lowest BCUT2D eigenvalue weighted by Gasteiger charge is -2.56. The molecule has 0 aromatic heterocycles. The Morgan fingerprint density at radius 2 is 1.91 bits per heavy atom. The number of hydrogen-bond acceptors (Lipinski definition) is 4. The number of carbonyl (C=O) groups is 2. The molecule has 7 atom stereocenters. The van der Waals surface area contributed by atoms with Crippen LogP contribution in [0.1, 0.15) is 52.0 Å². The molecule has 0 aliphatic heterocycles. The van der Waals surface area contributed by atoms with Crippen LogP contribution in [0.5, 0.6) is 0 Å². The molecular formula is C26H40N2O4. The van der Waals surface area contributed by atoms with Crippen LogP contribution >= 0.6 is 0 Å². The normalized spacial score (nSPS) is 33.1. The average Bonchev–Trinajstić information content (AvgIpc) is 2.76. The van der Waals surface area contributed by atoms with Crippen molar-refractivity contribution in [3.05, 3.63) is 35.9 Å². The van der Waals surface area contributed by atoms with Crippen molar-refractivity contribution in [1.29, 1.82) is 0 Å². The number of ether oxygens (including phenoxy) is 1. The van der Waals surface area contributed by atoms with Crippen LogP contribution in [0.2, 0.25) is 0 Å². The van der Waals surface area contributed by atoms with Crippen molar-refractivity contribution in [1.82, 2.24) is 10.2 Å². The van der Waals surface area contributed by atoms with Gasteiger partial charge in [-0.1, -0.05) is 51.1 Å². The Morgan fingerprint density at radius 1 is 1.25 bits per heavy atom. The van der Waals surface area contributed by atoms with Gasteiger partial charge in [0.25, 0.3) is 0 Å². The molecule has 178 valence electrons. The molecule has 2 aliphatic carbocycles. The monoisotopic (exact) mass is 444 g/mol. The van der Waals surface area contributed by atoms with Gasteiger partial charge in [0, 0.05) is 32.7 Å². The first-order valence-electron chi connectivity index (χ1n) is 11.9. The summed E-state index contributed by atoms with van der Waals surface area (Å²) in [5, 5.41) is 14.6. The van der Waals surface area contributed by atoms with Crippen molar-refractivity contribution in [3.8, 4) is 0 Å². The molecule has 2 amide bonds. The maximum Gasteiger partial charge on any atom is 0.246 e. The zero-order valence-electron chi connectivity index (χ0n) is 20.2. The Labute approximate surface area is 192 Å². The Bertz CT molecular complexity index is 785. The van der Waals surface area contributed by atoms with E-state index in [2.05, 4.69) is 19.2 Å². The van der Waals surface area contributed by atoms with Gasteiger partial charge in [0.05, 0.1) is 6.10 Å². The third kappa shape index (κ3) is 5.18. The first-order valence-corrected chi connectivity index (χ1v) is 11.9. The quantitative estimate of drug-likeness (QED) is 0.677. The van der Waals surface area contributed by atoms with E-state index in [9.17, 15) is 14.7 Å². The number of carbonyl (C=O) groups excluding carboxylic acids is 2. The summed E-state index contributed by atoms with van der Waals surface area (Å²) in [6.07, 6.45) is 3.18. The lowest BCUT2D eigenvalue weighted by atomic mass is 9.51. The Morgan fingerprint density at radius 3 is 2.56 bits per heavy atom. The number of nitrogens with one attached hydrogen (secondary N) is 1. The molecule has 0 unspecified atom stereocenters. The Hall–Kier alpha value is -1.92. The van der Waals surface area contributed by atoms with E-state index in [1.165, 1.54) is 7.11 Å². The smallest absolute Gasteiger partial charge is 0.246 e. The third-order valence-corrected chi connectivity index (χ3v) is 8.18. The van der Waals surface area contributed by atoms with E-state index in [1.54, 1.807) is 4.90 Å². The lowest BCUT2D eigenvalue weighted by Crippen LogP contribution is -2.58. The fraction of sp³-hybridized carbons (Fsp3) is 0.692. The predicted molar refractivity (Wildman–Crippen MR) is 125 cm³/mol. The van der Waals surface area contributed by atoms with Crippen LogP contribution in [-0.4, -0.2) is 54.7 Å². The highest BCUT2D eigenvalue weighted by Gasteiger charge is 2.54. The maximum atomic E-state index is 13.2. The van der Waals surface area contributed by atoms with Crippen LogP contribution in [0.15, 0.2) is 30.3 Å². The summed E-state index contributed by atoms with van der Waals surface area (Å²) in [5.41, 5.74) is 1.14. The molecule has 0 bridgehead atoms. The van der Waals surface area contributed by atoms with Gasteiger partial charge in [-0.3, -0.25) is 9.59 Å². The topological polar surface area (TPSA) is 78.9 Å². The first kappa shape index (κ1) is 24.7. The predicted octanol–water partition coefficient (Wildman–Crippen LogP) is 3.24. The minimum Gasteiger partial charge on any atom is -0.392 e. The molecule has 0 saturated heterocycles. The summed E-state index contributed by atoms with van der Waals surface area (Å²) >= 11 is 0. The highest BCUT2D eigenvalue weighted by atomic mass is 16.5. The third-order valence-electron chi connectivity index (χ3n) is 8.18. The van der Waals surface area contributed by atoms with E-state index in [4.69, 9.17) is 4.74 Å². The molecule has 2 N–H and O–H groups in total. The molecule has 0 radical (unpaired) electrons. The van der Waals surface area contributed by atoms with Gasteiger partial charge in [-0.05, 0) is 54.4 Å². The fourth-order valence-corrected chi connectivity index (χ4v) is 6.34. The molecule has 1 aromatic carbocycles. The summed E-state index contributed by atoms with van der Waals surface area (Å²) < 4.78 is 4.96. The Balaban J connectivity index is 1.70. The second-order valence-electron chi connectivity index (χ2n) is 10.3. The molecule has 2 saturated carbocycles. The standard InChI is InChI=1S/C26H40N2O4/c1-17(25(31)28(4)15-19-9-7-6-8-10-19)20-11-13-26(3)14-12-21(27-22(29)16-32-5)18(2)23(26)24(20)30/h6-10,17-18,20-21,23-24,30H,11-16H2,1-5H3,(H,27,29)/t17-,18-,20+,21-,23+,24-,26+/m0/s1. The van der Waals surface area contributed by atoms with Crippen molar-refractivity contribution in [2.24, 2.45) is 29.1 Å². The number of aliphatic hydroxyl groups excluding tert-OH is 1. The Kier molecular flexibility index (Phi) is 7.99. The van der Waals surface area contributed by atoms with Crippen LogP contribution in [0.25, 0.3) is 0 Å². The first-order chi connectivity index (χ1) is 15.2. The van der Waals surface area contributed by atoms with Crippen molar-refractivity contribution in [2.45, 2.75) is 65.1 Å². The van der Waals surface area contributed by atoms with Gasteiger partial charge in [-0.2, -0.15) is 0 Å². The van der Waals surface area contributed by atoms with E-state index in [1.807, 2.05) is 44.3 Å². The summed E-state index contributed by atoms with van der Waals surface area (Å²) in [5.74, 6) is -0.168. The van der Waals surface area contributed by atoms with Crippen LogP contribution in [0.4, 0.5) is 0 Å². The van der Waals surface area contributed by atoms with Gasteiger partial charge >= 0.3 is 0 Å². The fourth-order valence-electron chi connectivity index (χ4n) is 6.34. The number of hydrogen-bond donors (Lipinski definition) is 2. The SMILES string of the molecule is COCC(=O)N[C@H]1CC[C@@]2(C)CC[C@H]([C@H](C)C(=O)N(C)Cc3ccccc3)[C@H](O)[C@H]2[C@H]1C. The van der Waals surface area contributed by atoms with Crippen molar-refractivity contribution in [3.63, 3.8) is 0 Å². The van der Waals surface area contributed by atoms with E-state index < -0.39 is 6.10 Å². The van der Waals surface area contributed by atoms with Gasteiger partial charge in [-0.15, -0.1) is 0 Å². The number of rotatable bonds is 7. The van der Waals surface area contributed by atoms with Gasteiger partial charge in [0.15, 0.2) is 0 Å². The summed E-state index contributed by atoms with van der Waals surface area (Å²) in [7, 11) is 3.36. The van der Waals surface area contributed by atoms with E-state index in [0.717, 1.165) is 31.2 Å². The van der Waals surface area contributed by atoms with E-state index in [-0.39, 0.29) is 53.5 Å². The van der Waals surface area contributed by atoms with Crippen molar-refractivity contribution >= 4 is 11.8 Å². The number of fused-ring (bicyclic) bond motifs is 1. The molecule has 1 aromatic rings. The number of methoxy groups -OCH3 is 1. The lowest BCUT2D eigenvalue weighted by molar-refractivity contribution is -0.150. The van der Waals surface area contributed by atoms with Crippen LogP contribution < -0.4 is 5.32 Å². The molecule has 0 heterocycles. The summed E-state index contributed by atoms with van der Waals surface area (Å²) in [6, 6.07) is 10.0. The zero-order chi connectivity index (χ0) is 23.5. The molecule has 2 fully saturated rings. The molecule has 0 spiro atoms. The number of nitrogens with zero attached hydrogens (tertiary/aromatic N) is 1. The van der Waals surface area contributed by atoms with Crippen LogP contribution in [-0.2, 0) is 20.9 Å². The van der Waals surface area contributed by atoms with E-state index >= 15 is 0 Å². The molecule has 2 aliphatic rings. The minimum absolute atomic E-state index is 0.0240. The molecule has 32 heavy (non-hydrogen) atoms. The number of benzene rings is 1. The molecule has 6 nitrogen and oxygen atoms in total. The molecular weight excluding hydrogens is 404 g/mol. The highest BCUT2D eigenvalue weighted by Crippen LogP contribution is 2.55. The number of aliphatic hydroxyl groups is 1. The molecule has 6 heteroatoms. The second kappa shape index (κ2) is 10.3. The largest absolute Gasteiger partial charge is 0.392 e. The zero-order valence-corrected chi connectivity index (χ0v) is 20.2. The summed E-state index contributed by atoms with van der Waals surface area (Å²) in [6.45, 7) is 6.99. The minimum atomic E-state index is -0.560. The number of amides is 2. The van der Waals surface area contributed by atoms with E-state index in [0.29, 0.717) is 6.54 Å². The second-order valence-corrected chi connectivity index (χ2v) is 10.3. The van der Waals surface area contributed by atoms with Gasteiger partial charge < -0.3 is 20.1 Å². The van der Waals surface area contributed by atoms with Gasteiger partial charge in [-0.25, -0.2) is 0 Å². The van der Waals surface area contributed by atoms with Gasteiger partial charge in [0.2, 0.25) is 11.8 Å². The van der Waals surface area contributed by atoms with Gasteiger partial charge in [0.1, 0.15) is 6.61 Å². The molecule has 3 rings (SSSR count). The van der Waals surface area contributed by atoms with Crippen LogP contribution in [0, 0.1) is 29.1 Å². The average molecular weight is 445 g/mol.